The van der Waals surface area contributed by atoms with E-state index in [0.29, 0.717) is 0 Å². The van der Waals surface area contributed by atoms with E-state index in [9.17, 15) is 0 Å². The zero-order valence-corrected chi connectivity index (χ0v) is 9.12. The minimum absolute atomic E-state index is 1.21. The third kappa shape index (κ3) is 2.84. The van der Waals surface area contributed by atoms with Gasteiger partial charge in [-0.1, -0.05) is 44.0 Å². The van der Waals surface area contributed by atoms with Gasteiger partial charge in [-0.15, -0.1) is 0 Å². The molecule has 0 fully saturated rings. The van der Waals surface area contributed by atoms with Crippen LogP contribution in [0.4, 0.5) is 0 Å². The molecule has 0 radical (unpaired) electrons. The fourth-order valence-electron chi connectivity index (χ4n) is 1.20. The second-order valence-corrected chi connectivity index (χ2v) is 3.43. The van der Waals surface area contributed by atoms with Crippen LogP contribution in [0, 0.1) is 6.92 Å². The molecule has 1 heteroatoms. The summed E-state index contributed by atoms with van der Waals surface area (Å²) >= 11 is 0. The average molecular weight is 187 g/mol. The van der Waals surface area contributed by atoms with Crippen LogP contribution >= 0.6 is 0 Å². The molecule has 0 N–H and O–H groups in total. The third-order valence-corrected chi connectivity index (χ3v) is 1.80. The van der Waals surface area contributed by atoms with Gasteiger partial charge in [-0.05, 0) is 18.4 Å². The van der Waals surface area contributed by atoms with E-state index >= 15 is 0 Å². The highest BCUT2D eigenvalue weighted by Gasteiger charge is 1.90. The SMILES string of the molecule is CCC.Cc1ccc2cnccc2c1. The molecular formula is C13H17N. The number of nitrogens with zero attached hydrogens (tertiary/aromatic N) is 1. The highest BCUT2D eigenvalue weighted by Crippen LogP contribution is 2.12. The van der Waals surface area contributed by atoms with Crippen molar-refractivity contribution in [1.29, 1.82) is 0 Å². The number of fused-ring (bicyclic) bond motifs is 1. The van der Waals surface area contributed by atoms with E-state index in [1.54, 1.807) is 0 Å². The number of aromatic nitrogens is 1. The Balaban J connectivity index is 0.000000293. The molecule has 1 nitrogen and oxygen atoms in total. The zero-order valence-electron chi connectivity index (χ0n) is 9.12. The highest BCUT2D eigenvalue weighted by atomic mass is 14.6. The number of hydrogen-bond donors (Lipinski definition) is 0. The van der Waals surface area contributed by atoms with Crippen LogP contribution in [0.3, 0.4) is 0 Å². The predicted octanol–water partition coefficient (Wildman–Crippen LogP) is 3.96. The van der Waals surface area contributed by atoms with E-state index in [1.165, 1.54) is 22.8 Å². The minimum Gasteiger partial charge on any atom is -0.264 e. The van der Waals surface area contributed by atoms with Crippen LogP contribution in [-0.4, -0.2) is 4.98 Å². The summed E-state index contributed by atoms with van der Waals surface area (Å²) in [6.07, 6.45) is 4.95. The van der Waals surface area contributed by atoms with Crippen LogP contribution in [0.25, 0.3) is 10.8 Å². The minimum atomic E-state index is 1.21. The lowest BCUT2D eigenvalue weighted by Gasteiger charge is -1.96. The van der Waals surface area contributed by atoms with Gasteiger partial charge >= 0.3 is 0 Å². The van der Waals surface area contributed by atoms with Gasteiger partial charge in [0.25, 0.3) is 0 Å². The first-order valence-corrected chi connectivity index (χ1v) is 5.08. The van der Waals surface area contributed by atoms with Crippen molar-refractivity contribution >= 4 is 10.8 Å². The summed E-state index contributed by atoms with van der Waals surface area (Å²) in [5.74, 6) is 0. The average Bonchev–Trinajstić information content (AvgIpc) is 2.19. The molecule has 0 saturated carbocycles. The summed E-state index contributed by atoms with van der Waals surface area (Å²) in [7, 11) is 0. The van der Waals surface area contributed by atoms with Gasteiger partial charge in [0.15, 0.2) is 0 Å². The molecule has 0 unspecified atom stereocenters. The van der Waals surface area contributed by atoms with E-state index in [4.69, 9.17) is 0 Å². The van der Waals surface area contributed by atoms with Crippen molar-refractivity contribution in [3.05, 3.63) is 42.2 Å². The van der Waals surface area contributed by atoms with Crippen LogP contribution in [0.1, 0.15) is 25.8 Å². The van der Waals surface area contributed by atoms with Gasteiger partial charge in [0.05, 0.1) is 0 Å². The standard InChI is InChI=1S/C10H9N.C3H8/c1-8-2-3-10-7-11-5-4-9(10)6-8;1-3-2/h2-7H,1H3;3H2,1-2H3. The van der Waals surface area contributed by atoms with Gasteiger partial charge < -0.3 is 0 Å². The molecule has 0 spiro atoms. The molecule has 14 heavy (non-hydrogen) atoms. The van der Waals surface area contributed by atoms with Gasteiger partial charge in [-0.25, -0.2) is 0 Å². The first-order valence-electron chi connectivity index (χ1n) is 5.08. The highest BCUT2D eigenvalue weighted by molar-refractivity contribution is 5.81. The van der Waals surface area contributed by atoms with Crippen LogP contribution in [-0.2, 0) is 0 Å². The molecule has 1 aromatic carbocycles. The summed E-state index contributed by atoms with van der Waals surface area (Å²) in [6.45, 7) is 6.35. The maximum absolute atomic E-state index is 4.04. The van der Waals surface area contributed by atoms with E-state index in [1.807, 2.05) is 18.5 Å². The van der Waals surface area contributed by atoms with Gasteiger partial charge in [-0.2, -0.15) is 0 Å². The predicted molar refractivity (Wildman–Crippen MR) is 62.4 cm³/mol. The maximum atomic E-state index is 4.04. The molecule has 2 rings (SSSR count). The first kappa shape index (κ1) is 10.7. The molecule has 0 aliphatic carbocycles. The van der Waals surface area contributed by atoms with Gasteiger partial charge in [0, 0.05) is 17.8 Å². The molecule has 0 atom stereocenters. The van der Waals surface area contributed by atoms with Crippen LogP contribution in [0.15, 0.2) is 36.7 Å². The number of rotatable bonds is 0. The second kappa shape index (κ2) is 5.38. The summed E-state index contributed by atoms with van der Waals surface area (Å²) < 4.78 is 0. The fraction of sp³-hybridized carbons (Fsp3) is 0.308. The number of hydrogen-bond acceptors (Lipinski definition) is 1. The molecule has 2 aromatic rings. The van der Waals surface area contributed by atoms with Crippen molar-refractivity contribution in [3.63, 3.8) is 0 Å². The molecular weight excluding hydrogens is 170 g/mol. The van der Waals surface area contributed by atoms with Crippen molar-refractivity contribution in [2.75, 3.05) is 0 Å². The largest absolute Gasteiger partial charge is 0.264 e. The Labute approximate surface area is 85.8 Å². The smallest absolute Gasteiger partial charge is 0.0346 e. The van der Waals surface area contributed by atoms with Gasteiger partial charge in [0.1, 0.15) is 0 Å². The lowest BCUT2D eigenvalue weighted by atomic mass is 10.1. The van der Waals surface area contributed by atoms with Gasteiger partial charge in [-0.3, -0.25) is 4.98 Å². The fourth-order valence-corrected chi connectivity index (χ4v) is 1.20. The maximum Gasteiger partial charge on any atom is 0.0346 e. The van der Waals surface area contributed by atoms with Crippen molar-refractivity contribution in [2.24, 2.45) is 0 Å². The Morgan fingerprint density at radius 3 is 2.50 bits per heavy atom. The topological polar surface area (TPSA) is 12.9 Å². The van der Waals surface area contributed by atoms with E-state index in [0.717, 1.165) is 0 Å². The molecule has 1 aromatic heterocycles. The van der Waals surface area contributed by atoms with E-state index in [2.05, 4.69) is 44.0 Å². The summed E-state index contributed by atoms with van der Waals surface area (Å²) in [5.41, 5.74) is 1.30. The van der Waals surface area contributed by atoms with Crippen molar-refractivity contribution in [2.45, 2.75) is 27.2 Å². The van der Waals surface area contributed by atoms with E-state index in [-0.39, 0.29) is 0 Å². The number of pyridine rings is 1. The van der Waals surface area contributed by atoms with Gasteiger partial charge in [0.2, 0.25) is 0 Å². The number of benzene rings is 1. The van der Waals surface area contributed by atoms with Crippen LogP contribution < -0.4 is 0 Å². The Morgan fingerprint density at radius 2 is 1.79 bits per heavy atom. The number of aryl methyl sites for hydroxylation is 1. The molecule has 0 amide bonds. The Bertz CT molecular complexity index is 393. The lowest BCUT2D eigenvalue weighted by molar-refractivity contribution is 1.09. The molecule has 74 valence electrons. The summed E-state index contributed by atoms with van der Waals surface area (Å²) in [5, 5.41) is 2.47. The van der Waals surface area contributed by atoms with Crippen molar-refractivity contribution < 1.29 is 0 Å². The Morgan fingerprint density at radius 1 is 1.07 bits per heavy atom. The Kier molecular flexibility index (Phi) is 4.11. The van der Waals surface area contributed by atoms with Crippen molar-refractivity contribution in [1.82, 2.24) is 4.98 Å². The quantitative estimate of drug-likeness (QED) is 0.608. The van der Waals surface area contributed by atoms with Crippen molar-refractivity contribution in [3.8, 4) is 0 Å². The zero-order chi connectivity index (χ0) is 10.4. The molecule has 0 aliphatic rings. The normalized spacial score (nSPS) is 9.36. The Hall–Kier alpha value is -1.37. The second-order valence-electron chi connectivity index (χ2n) is 3.43. The lowest BCUT2D eigenvalue weighted by Crippen LogP contribution is -1.75. The molecule has 0 bridgehead atoms. The molecule has 0 saturated heterocycles. The van der Waals surface area contributed by atoms with E-state index < -0.39 is 0 Å². The summed E-state index contributed by atoms with van der Waals surface area (Å²) in [6, 6.07) is 8.39. The monoisotopic (exact) mass is 187 g/mol. The first-order chi connectivity index (χ1) is 6.77. The summed E-state index contributed by atoms with van der Waals surface area (Å²) in [4.78, 5) is 4.04. The molecule has 1 heterocycles. The van der Waals surface area contributed by atoms with Crippen LogP contribution in [0.2, 0.25) is 0 Å². The molecule has 0 aliphatic heterocycles. The third-order valence-electron chi connectivity index (χ3n) is 1.80. The van der Waals surface area contributed by atoms with Crippen LogP contribution in [0.5, 0.6) is 0 Å².